The molecule has 30 heavy (non-hydrogen) atoms. The molecule has 1 unspecified atom stereocenters. The van der Waals surface area contributed by atoms with Gasteiger partial charge in [-0.3, -0.25) is 4.79 Å². The van der Waals surface area contributed by atoms with Gasteiger partial charge >= 0.3 is 6.03 Å². The number of hydrogen-bond acceptors (Lipinski definition) is 4. The Morgan fingerprint density at radius 1 is 1.10 bits per heavy atom. The van der Waals surface area contributed by atoms with E-state index in [0.29, 0.717) is 25.5 Å². The molecule has 2 aromatic heterocycles. The predicted octanol–water partition coefficient (Wildman–Crippen LogP) is 2.83. The summed E-state index contributed by atoms with van der Waals surface area (Å²) in [5, 5.41) is 10.1. The van der Waals surface area contributed by atoms with Crippen molar-refractivity contribution in [1.82, 2.24) is 25.0 Å². The number of amides is 3. The lowest BCUT2D eigenvalue weighted by Gasteiger charge is -2.32. The van der Waals surface area contributed by atoms with E-state index in [0.717, 1.165) is 24.1 Å². The molecule has 8 heteroatoms. The summed E-state index contributed by atoms with van der Waals surface area (Å²) in [6, 6.07) is 14.8. The first-order chi connectivity index (χ1) is 14.7. The summed E-state index contributed by atoms with van der Waals surface area (Å²) >= 11 is 0. The molecule has 3 heterocycles. The first-order valence-electron chi connectivity index (χ1n) is 10.0. The van der Waals surface area contributed by atoms with Crippen LogP contribution in [0.15, 0.2) is 67.1 Å². The maximum atomic E-state index is 12.7. The van der Waals surface area contributed by atoms with Gasteiger partial charge in [-0.1, -0.05) is 18.2 Å². The molecular formula is C22H24N6O2. The summed E-state index contributed by atoms with van der Waals surface area (Å²) in [6.45, 7) is 1.45. The lowest BCUT2D eigenvalue weighted by atomic mass is 9.97. The molecule has 4 rings (SSSR count). The molecule has 8 nitrogen and oxygen atoms in total. The topological polar surface area (TPSA) is 92.2 Å². The van der Waals surface area contributed by atoms with Gasteiger partial charge < -0.3 is 15.5 Å². The van der Waals surface area contributed by atoms with Gasteiger partial charge in [0.25, 0.3) is 0 Å². The quantitative estimate of drug-likeness (QED) is 0.684. The second-order valence-electron chi connectivity index (χ2n) is 7.27. The fraction of sp³-hybridized carbons (Fsp3) is 0.273. The Morgan fingerprint density at radius 2 is 1.97 bits per heavy atom. The zero-order valence-corrected chi connectivity index (χ0v) is 16.6. The molecule has 3 aromatic rings. The molecule has 0 aliphatic carbocycles. The zero-order chi connectivity index (χ0) is 20.8. The highest BCUT2D eigenvalue weighted by atomic mass is 16.2. The summed E-state index contributed by atoms with van der Waals surface area (Å²) in [5.41, 5.74) is 1.70. The number of rotatable bonds is 5. The van der Waals surface area contributed by atoms with Crippen LogP contribution in [0.5, 0.6) is 0 Å². The van der Waals surface area contributed by atoms with Crippen LogP contribution in [-0.4, -0.2) is 44.7 Å². The van der Waals surface area contributed by atoms with Crippen LogP contribution >= 0.6 is 0 Å². The fourth-order valence-electron chi connectivity index (χ4n) is 3.53. The van der Waals surface area contributed by atoms with E-state index in [9.17, 15) is 9.59 Å². The number of nitrogens with one attached hydrogen (secondary N) is 2. The van der Waals surface area contributed by atoms with Gasteiger partial charge in [-0.25, -0.2) is 14.5 Å². The van der Waals surface area contributed by atoms with E-state index in [1.165, 1.54) is 0 Å². The van der Waals surface area contributed by atoms with Crippen LogP contribution in [0.1, 0.15) is 18.4 Å². The van der Waals surface area contributed by atoms with Crippen molar-refractivity contribution in [2.45, 2.75) is 19.4 Å². The molecule has 0 radical (unpaired) electrons. The maximum absolute atomic E-state index is 12.7. The number of urea groups is 1. The Bertz CT molecular complexity index is 990. The minimum atomic E-state index is -0.211. The summed E-state index contributed by atoms with van der Waals surface area (Å²) in [7, 11) is 0. The third kappa shape index (κ3) is 4.83. The molecule has 1 aliphatic rings. The molecule has 0 bridgehead atoms. The smallest absolute Gasteiger partial charge is 0.317 e. The van der Waals surface area contributed by atoms with Crippen LogP contribution in [0, 0.1) is 5.92 Å². The first-order valence-corrected chi connectivity index (χ1v) is 10.0. The van der Waals surface area contributed by atoms with Crippen molar-refractivity contribution in [3.05, 3.63) is 72.7 Å². The minimum Gasteiger partial charge on any atom is -0.334 e. The van der Waals surface area contributed by atoms with Gasteiger partial charge in [-0.2, -0.15) is 5.10 Å². The van der Waals surface area contributed by atoms with Crippen molar-refractivity contribution < 1.29 is 9.59 Å². The third-order valence-corrected chi connectivity index (χ3v) is 5.11. The summed E-state index contributed by atoms with van der Waals surface area (Å²) in [5.74, 6) is 0.441. The molecular weight excluding hydrogens is 380 g/mol. The van der Waals surface area contributed by atoms with Crippen LogP contribution in [-0.2, 0) is 11.3 Å². The number of carbonyl (C=O) groups is 2. The Balaban J connectivity index is 1.31. The lowest BCUT2D eigenvalue weighted by molar-refractivity contribution is -0.121. The largest absolute Gasteiger partial charge is 0.334 e. The number of nitrogens with zero attached hydrogens (tertiary/aromatic N) is 4. The SMILES string of the molecule is O=C(Nc1ccccc1)C1CCCN(C(=O)NCc2ccnc(-n3cccn3)c2)C1. The van der Waals surface area contributed by atoms with E-state index >= 15 is 0 Å². The highest BCUT2D eigenvalue weighted by Gasteiger charge is 2.28. The monoisotopic (exact) mass is 404 g/mol. The molecule has 3 amide bonds. The van der Waals surface area contributed by atoms with E-state index in [1.54, 1.807) is 22.0 Å². The standard InChI is InChI=1S/C22H24N6O2/c29-21(26-19-7-2-1-3-8-19)18-6-4-12-27(16-18)22(30)24-15-17-9-11-23-20(14-17)28-13-5-10-25-28/h1-3,5,7-11,13-14,18H,4,6,12,15-16H2,(H,24,30)(H,26,29). The van der Waals surface area contributed by atoms with E-state index in [2.05, 4.69) is 20.7 Å². The number of anilines is 1. The molecule has 2 N–H and O–H groups in total. The van der Waals surface area contributed by atoms with Crippen molar-refractivity contribution in [2.75, 3.05) is 18.4 Å². The predicted molar refractivity (Wildman–Crippen MR) is 113 cm³/mol. The number of para-hydroxylation sites is 1. The van der Waals surface area contributed by atoms with Gasteiger partial charge in [0, 0.05) is 43.9 Å². The molecule has 1 atom stereocenters. The van der Waals surface area contributed by atoms with E-state index in [1.807, 2.05) is 54.7 Å². The Morgan fingerprint density at radius 3 is 2.77 bits per heavy atom. The number of carbonyl (C=O) groups excluding carboxylic acids is 2. The van der Waals surface area contributed by atoms with Crippen molar-refractivity contribution in [1.29, 1.82) is 0 Å². The maximum Gasteiger partial charge on any atom is 0.317 e. The van der Waals surface area contributed by atoms with Crippen LogP contribution in [0.4, 0.5) is 10.5 Å². The number of hydrogen-bond donors (Lipinski definition) is 2. The molecule has 1 fully saturated rings. The number of likely N-dealkylation sites (tertiary alicyclic amines) is 1. The number of benzene rings is 1. The minimum absolute atomic E-state index is 0.0447. The van der Waals surface area contributed by atoms with Gasteiger partial charge in [-0.15, -0.1) is 0 Å². The van der Waals surface area contributed by atoms with Crippen LogP contribution < -0.4 is 10.6 Å². The highest BCUT2D eigenvalue weighted by molar-refractivity contribution is 5.93. The second kappa shape index (κ2) is 9.21. The van der Waals surface area contributed by atoms with Crippen molar-refractivity contribution in [3.8, 4) is 5.82 Å². The molecule has 154 valence electrons. The van der Waals surface area contributed by atoms with E-state index < -0.39 is 0 Å². The molecule has 1 aliphatic heterocycles. The van der Waals surface area contributed by atoms with Gasteiger partial charge in [0.15, 0.2) is 5.82 Å². The van der Waals surface area contributed by atoms with Gasteiger partial charge in [0.1, 0.15) is 0 Å². The second-order valence-corrected chi connectivity index (χ2v) is 7.27. The van der Waals surface area contributed by atoms with E-state index in [-0.39, 0.29) is 17.9 Å². The highest BCUT2D eigenvalue weighted by Crippen LogP contribution is 2.19. The first kappa shape index (κ1) is 19.6. The molecule has 1 aromatic carbocycles. The van der Waals surface area contributed by atoms with Crippen LogP contribution in [0.25, 0.3) is 5.82 Å². The summed E-state index contributed by atoms with van der Waals surface area (Å²) in [4.78, 5) is 31.3. The molecule has 1 saturated heterocycles. The summed E-state index contributed by atoms with van der Waals surface area (Å²) < 4.78 is 1.67. The van der Waals surface area contributed by atoms with Gasteiger partial charge in [0.05, 0.1) is 5.92 Å². The number of piperidine rings is 1. The van der Waals surface area contributed by atoms with E-state index in [4.69, 9.17) is 0 Å². The normalized spacial score (nSPS) is 16.1. The van der Waals surface area contributed by atoms with Gasteiger partial charge in [-0.05, 0) is 48.7 Å². The zero-order valence-electron chi connectivity index (χ0n) is 16.6. The average Bonchev–Trinajstić information content (AvgIpc) is 3.33. The Labute approximate surface area is 174 Å². The Hall–Kier alpha value is -3.68. The fourth-order valence-corrected chi connectivity index (χ4v) is 3.53. The Kier molecular flexibility index (Phi) is 6.03. The third-order valence-electron chi connectivity index (χ3n) is 5.11. The summed E-state index contributed by atoms with van der Waals surface area (Å²) in [6.07, 6.45) is 6.79. The number of aromatic nitrogens is 3. The van der Waals surface area contributed by atoms with Crippen molar-refractivity contribution >= 4 is 17.6 Å². The van der Waals surface area contributed by atoms with Gasteiger partial charge in [0.2, 0.25) is 5.91 Å². The van der Waals surface area contributed by atoms with Crippen molar-refractivity contribution in [2.24, 2.45) is 5.92 Å². The van der Waals surface area contributed by atoms with Crippen molar-refractivity contribution in [3.63, 3.8) is 0 Å². The average molecular weight is 404 g/mol. The molecule has 0 saturated carbocycles. The van der Waals surface area contributed by atoms with Crippen LogP contribution in [0.2, 0.25) is 0 Å². The lowest BCUT2D eigenvalue weighted by Crippen LogP contribution is -2.47. The number of pyridine rings is 1. The molecule has 0 spiro atoms. The van der Waals surface area contributed by atoms with Crippen LogP contribution in [0.3, 0.4) is 0 Å².